The number of rotatable bonds is 2. The number of hydrogen-bond acceptors (Lipinski definition) is 2. The molecule has 0 saturated carbocycles. The van der Waals surface area contributed by atoms with Crippen LogP contribution in [0, 0.1) is 0 Å². The molecule has 2 aromatic heterocycles. The fourth-order valence-corrected chi connectivity index (χ4v) is 2.85. The summed E-state index contributed by atoms with van der Waals surface area (Å²) in [5, 5.41) is 6.35. The molecule has 0 spiro atoms. The van der Waals surface area contributed by atoms with E-state index in [0.717, 1.165) is 15.8 Å². The standard InChI is InChI=1S/C8H6Br2N2S/c9-7-4-8(10)12(11-7)5-6-2-1-3-13-6/h1-4H,5H2. The number of thiophene rings is 1. The predicted molar refractivity (Wildman–Crippen MR) is 61.0 cm³/mol. The Bertz CT molecular complexity index is 394. The Balaban J connectivity index is 2.23. The van der Waals surface area contributed by atoms with Crippen molar-refractivity contribution in [3.63, 3.8) is 0 Å². The smallest absolute Gasteiger partial charge is 0.129 e. The van der Waals surface area contributed by atoms with E-state index in [-0.39, 0.29) is 0 Å². The van der Waals surface area contributed by atoms with Crippen molar-refractivity contribution >= 4 is 43.2 Å². The monoisotopic (exact) mass is 320 g/mol. The van der Waals surface area contributed by atoms with Crippen LogP contribution in [0.5, 0.6) is 0 Å². The summed E-state index contributed by atoms with van der Waals surface area (Å²) in [4.78, 5) is 1.30. The van der Waals surface area contributed by atoms with Crippen molar-refractivity contribution in [3.05, 3.63) is 37.7 Å². The Morgan fingerprint density at radius 2 is 2.31 bits per heavy atom. The van der Waals surface area contributed by atoms with Crippen molar-refractivity contribution in [1.29, 1.82) is 0 Å². The van der Waals surface area contributed by atoms with E-state index in [9.17, 15) is 0 Å². The van der Waals surface area contributed by atoms with Gasteiger partial charge in [0.15, 0.2) is 0 Å². The molecule has 0 fully saturated rings. The molecule has 0 atom stereocenters. The maximum Gasteiger partial charge on any atom is 0.129 e. The summed E-state index contributed by atoms with van der Waals surface area (Å²) in [5.74, 6) is 0. The van der Waals surface area contributed by atoms with Crippen molar-refractivity contribution in [3.8, 4) is 0 Å². The van der Waals surface area contributed by atoms with Crippen LogP contribution in [-0.4, -0.2) is 9.78 Å². The van der Waals surface area contributed by atoms with Crippen LogP contribution in [0.4, 0.5) is 0 Å². The number of nitrogens with zero attached hydrogens (tertiary/aromatic N) is 2. The molecule has 0 saturated heterocycles. The largest absolute Gasteiger partial charge is 0.252 e. The van der Waals surface area contributed by atoms with Crippen LogP contribution in [-0.2, 0) is 6.54 Å². The van der Waals surface area contributed by atoms with Crippen molar-refractivity contribution < 1.29 is 0 Å². The fourth-order valence-electron chi connectivity index (χ4n) is 1.03. The van der Waals surface area contributed by atoms with Gasteiger partial charge in [0.1, 0.15) is 9.21 Å². The molecule has 0 N–H and O–H groups in total. The highest BCUT2D eigenvalue weighted by molar-refractivity contribution is 9.11. The molecule has 0 aliphatic heterocycles. The molecule has 2 heterocycles. The van der Waals surface area contributed by atoms with Crippen LogP contribution < -0.4 is 0 Å². The molecule has 13 heavy (non-hydrogen) atoms. The van der Waals surface area contributed by atoms with Gasteiger partial charge in [-0.25, -0.2) is 0 Å². The highest BCUT2D eigenvalue weighted by Gasteiger charge is 2.03. The minimum Gasteiger partial charge on any atom is -0.252 e. The first-order valence-electron chi connectivity index (χ1n) is 3.67. The molecule has 0 radical (unpaired) electrons. The Morgan fingerprint density at radius 1 is 1.46 bits per heavy atom. The molecule has 5 heteroatoms. The summed E-state index contributed by atoms with van der Waals surface area (Å²) < 4.78 is 3.76. The molecule has 2 rings (SSSR count). The second-order valence-corrected chi connectivity index (χ2v) is 5.18. The first-order chi connectivity index (χ1) is 6.25. The Morgan fingerprint density at radius 3 is 2.85 bits per heavy atom. The number of halogens is 2. The second-order valence-electron chi connectivity index (χ2n) is 2.53. The Kier molecular flexibility index (Phi) is 2.86. The quantitative estimate of drug-likeness (QED) is 0.827. The molecule has 0 bridgehead atoms. The third-order valence-corrected chi connectivity index (χ3v) is 3.47. The maximum absolute atomic E-state index is 4.28. The van der Waals surface area contributed by atoms with Crippen LogP contribution in [0.2, 0.25) is 0 Å². The highest BCUT2D eigenvalue weighted by atomic mass is 79.9. The first kappa shape index (κ1) is 9.43. The van der Waals surface area contributed by atoms with Gasteiger partial charge in [-0.1, -0.05) is 6.07 Å². The van der Waals surface area contributed by atoms with Crippen LogP contribution in [0.1, 0.15) is 4.88 Å². The van der Waals surface area contributed by atoms with E-state index in [0.29, 0.717) is 0 Å². The van der Waals surface area contributed by atoms with Gasteiger partial charge in [0.25, 0.3) is 0 Å². The fraction of sp³-hybridized carbons (Fsp3) is 0.125. The summed E-state index contributed by atoms with van der Waals surface area (Å²) in [6.45, 7) is 0.823. The van der Waals surface area contributed by atoms with E-state index in [2.05, 4.69) is 48.4 Å². The van der Waals surface area contributed by atoms with Gasteiger partial charge in [-0.2, -0.15) is 5.10 Å². The normalized spacial score (nSPS) is 10.6. The van der Waals surface area contributed by atoms with E-state index in [1.54, 1.807) is 11.3 Å². The van der Waals surface area contributed by atoms with Gasteiger partial charge in [-0.3, -0.25) is 4.68 Å². The molecule has 0 aliphatic carbocycles. The zero-order chi connectivity index (χ0) is 9.26. The third-order valence-electron chi connectivity index (χ3n) is 1.59. The molecule has 2 nitrogen and oxygen atoms in total. The average molecular weight is 322 g/mol. The van der Waals surface area contributed by atoms with Crippen molar-refractivity contribution in [1.82, 2.24) is 9.78 Å². The lowest BCUT2D eigenvalue weighted by atomic mass is 10.5. The lowest BCUT2D eigenvalue weighted by molar-refractivity contribution is 0.674. The Hall–Kier alpha value is -0.130. The van der Waals surface area contributed by atoms with Gasteiger partial charge in [-0.15, -0.1) is 11.3 Å². The summed E-state index contributed by atoms with van der Waals surface area (Å²) >= 11 is 8.51. The Labute approximate surface area is 96.8 Å². The average Bonchev–Trinajstić information content (AvgIpc) is 2.63. The van der Waals surface area contributed by atoms with E-state index in [4.69, 9.17) is 0 Å². The molecule has 68 valence electrons. The summed E-state index contributed by atoms with van der Waals surface area (Å²) in [6, 6.07) is 6.09. The lowest BCUT2D eigenvalue weighted by Gasteiger charge is -1.99. The predicted octanol–water partition coefficient (Wildman–Crippen LogP) is 3.52. The summed E-state index contributed by atoms with van der Waals surface area (Å²) in [5.41, 5.74) is 0. The van der Waals surface area contributed by atoms with Gasteiger partial charge >= 0.3 is 0 Å². The van der Waals surface area contributed by atoms with Crippen molar-refractivity contribution in [2.75, 3.05) is 0 Å². The molecule has 0 amide bonds. The number of aromatic nitrogens is 2. The molecular weight excluding hydrogens is 316 g/mol. The molecule has 0 aliphatic rings. The SMILES string of the molecule is Brc1cc(Br)n(Cc2cccs2)n1. The topological polar surface area (TPSA) is 17.8 Å². The van der Waals surface area contributed by atoms with Gasteiger partial charge < -0.3 is 0 Å². The van der Waals surface area contributed by atoms with Gasteiger partial charge in [0.05, 0.1) is 6.54 Å². The third kappa shape index (κ3) is 2.21. The van der Waals surface area contributed by atoms with E-state index < -0.39 is 0 Å². The molecule has 0 aromatic carbocycles. The number of hydrogen-bond donors (Lipinski definition) is 0. The summed E-state index contributed by atoms with van der Waals surface area (Å²) in [7, 11) is 0. The maximum atomic E-state index is 4.28. The molecule has 0 unspecified atom stereocenters. The summed E-state index contributed by atoms with van der Waals surface area (Å²) in [6.07, 6.45) is 0. The second kappa shape index (κ2) is 3.94. The zero-order valence-electron chi connectivity index (χ0n) is 6.58. The highest BCUT2D eigenvalue weighted by Crippen LogP contribution is 2.19. The van der Waals surface area contributed by atoms with Gasteiger partial charge in [-0.05, 0) is 43.3 Å². The lowest BCUT2D eigenvalue weighted by Crippen LogP contribution is -1.99. The van der Waals surface area contributed by atoms with Gasteiger partial charge in [0.2, 0.25) is 0 Å². The van der Waals surface area contributed by atoms with Crippen LogP contribution >= 0.6 is 43.2 Å². The van der Waals surface area contributed by atoms with Crippen molar-refractivity contribution in [2.24, 2.45) is 0 Å². The van der Waals surface area contributed by atoms with Crippen LogP contribution in [0.25, 0.3) is 0 Å². The van der Waals surface area contributed by atoms with Gasteiger partial charge in [0, 0.05) is 10.9 Å². The van der Waals surface area contributed by atoms with E-state index >= 15 is 0 Å². The molecular formula is C8H6Br2N2S. The minimum absolute atomic E-state index is 0.823. The van der Waals surface area contributed by atoms with Crippen molar-refractivity contribution in [2.45, 2.75) is 6.54 Å². The first-order valence-corrected chi connectivity index (χ1v) is 6.13. The zero-order valence-corrected chi connectivity index (χ0v) is 10.6. The van der Waals surface area contributed by atoms with Crippen LogP contribution in [0.15, 0.2) is 32.8 Å². The van der Waals surface area contributed by atoms with E-state index in [1.807, 2.05) is 16.8 Å². The molecule has 2 aromatic rings. The van der Waals surface area contributed by atoms with E-state index in [1.165, 1.54) is 4.88 Å². The van der Waals surface area contributed by atoms with Crippen LogP contribution in [0.3, 0.4) is 0 Å². The minimum atomic E-state index is 0.823.